The van der Waals surface area contributed by atoms with Gasteiger partial charge in [-0.1, -0.05) is 0 Å². The number of aromatic hydroxyl groups is 4. The summed E-state index contributed by atoms with van der Waals surface area (Å²) in [5.74, 6) is 1.37. The molecule has 0 aliphatic heterocycles. The molecule has 0 unspecified atom stereocenters. The molecule has 2 aromatic rings. The summed E-state index contributed by atoms with van der Waals surface area (Å²) in [5.41, 5.74) is 2.41. The molecule has 9 nitrogen and oxygen atoms in total. The summed E-state index contributed by atoms with van der Waals surface area (Å²) in [6, 6.07) is 5.29. The van der Waals surface area contributed by atoms with E-state index in [2.05, 4.69) is 0 Å². The van der Waals surface area contributed by atoms with E-state index < -0.39 is 28.9 Å². The van der Waals surface area contributed by atoms with Crippen molar-refractivity contribution in [2.24, 2.45) is 5.84 Å². The summed E-state index contributed by atoms with van der Waals surface area (Å²) in [6.45, 7) is 3.33. The third kappa shape index (κ3) is 4.75. The van der Waals surface area contributed by atoms with E-state index in [4.69, 9.17) is 21.2 Å². The maximum absolute atomic E-state index is 11.0. The fourth-order valence-corrected chi connectivity index (χ4v) is 2.02. The number of carboxylic acids is 1. The molecule has 0 spiro atoms. The van der Waals surface area contributed by atoms with E-state index in [1.165, 1.54) is 24.3 Å². The Morgan fingerprint density at radius 2 is 1.12 bits per heavy atom. The molecule has 0 saturated heterocycles. The van der Waals surface area contributed by atoms with Gasteiger partial charge in [-0.25, -0.2) is 10.6 Å². The molecule has 1 amide bonds. The average molecular weight is 350 g/mol. The van der Waals surface area contributed by atoms with Gasteiger partial charge in [0.2, 0.25) is 0 Å². The molecular formula is C16H18N2O7. The van der Waals surface area contributed by atoms with Crippen LogP contribution in [0.3, 0.4) is 0 Å². The van der Waals surface area contributed by atoms with E-state index in [-0.39, 0.29) is 17.1 Å². The van der Waals surface area contributed by atoms with E-state index in [1.807, 2.05) is 5.43 Å². The van der Waals surface area contributed by atoms with E-state index in [0.29, 0.717) is 11.1 Å². The quantitative estimate of drug-likeness (QED) is 0.239. The Morgan fingerprint density at radius 3 is 1.40 bits per heavy atom. The lowest BCUT2D eigenvalue weighted by Crippen LogP contribution is -2.30. The van der Waals surface area contributed by atoms with Gasteiger partial charge in [-0.3, -0.25) is 10.2 Å². The maximum atomic E-state index is 11.0. The van der Waals surface area contributed by atoms with Crippen molar-refractivity contribution >= 4 is 11.9 Å². The Labute approximate surface area is 142 Å². The second-order valence-corrected chi connectivity index (χ2v) is 5.13. The van der Waals surface area contributed by atoms with Crippen LogP contribution in [0.5, 0.6) is 23.0 Å². The molecule has 0 fully saturated rings. The number of aromatic carboxylic acids is 1. The first-order chi connectivity index (χ1) is 11.6. The summed E-state index contributed by atoms with van der Waals surface area (Å²) in [6.07, 6.45) is 0. The summed E-state index contributed by atoms with van der Waals surface area (Å²) >= 11 is 0. The van der Waals surface area contributed by atoms with Gasteiger partial charge in [0, 0.05) is 0 Å². The zero-order valence-corrected chi connectivity index (χ0v) is 13.4. The molecule has 0 radical (unpaired) electrons. The largest absolute Gasteiger partial charge is 0.507 e. The smallest absolute Gasteiger partial charge is 0.343 e. The second-order valence-electron chi connectivity index (χ2n) is 5.13. The fraction of sp³-hybridized carbons (Fsp3) is 0.125. The molecule has 2 aromatic carbocycles. The molecule has 25 heavy (non-hydrogen) atoms. The molecule has 0 aromatic heterocycles. The number of amides is 1. The highest BCUT2D eigenvalue weighted by Gasteiger charge is 2.16. The van der Waals surface area contributed by atoms with E-state index in [9.17, 15) is 19.8 Å². The van der Waals surface area contributed by atoms with Gasteiger partial charge in [0.05, 0.1) is 0 Å². The highest BCUT2D eigenvalue weighted by atomic mass is 16.4. The van der Waals surface area contributed by atoms with Gasteiger partial charge in [-0.05, 0) is 49.2 Å². The van der Waals surface area contributed by atoms with E-state index in [0.717, 1.165) is 0 Å². The van der Waals surface area contributed by atoms with Crippen molar-refractivity contribution in [3.8, 4) is 23.0 Å². The predicted molar refractivity (Wildman–Crippen MR) is 87.6 cm³/mol. The molecule has 9 heteroatoms. The van der Waals surface area contributed by atoms with Crippen molar-refractivity contribution in [2.75, 3.05) is 0 Å². The number of hydrogen-bond acceptors (Lipinski definition) is 7. The normalized spacial score (nSPS) is 9.72. The number of benzene rings is 2. The number of rotatable bonds is 2. The molecule has 134 valence electrons. The monoisotopic (exact) mass is 350 g/mol. The van der Waals surface area contributed by atoms with Crippen LogP contribution in [0.15, 0.2) is 24.3 Å². The van der Waals surface area contributed by atoms with Crippen molar-refractivity contribution in [3.63, 3.8) is 0 Å². The minimum absolute atomic E-state index is 0.215. The van der Waals surface area contributed by atoms with Gasteiger partial charge >= 0.3 is 5.97 Å². The molecule has 0 heterocycles. The lowest BCUT2D eigenvalue weighted by atomic mass is 10.1. The molecule has 0 bridgehead atoms. The van der Waals surface area contributed by atoms with Crippen LogP contribution in [0.1, 0.15) is 31.8 Å². The maximum Gasteiger partial charge on any atom is 0.343 e. The van der Waals surface area contributed by atoms with Gasteiger partial charge in [-0.2, -0.15) is 0 Å². The molecule has 0 saturated carbocycles. The molecule has 0 atom stereocenters. The zero-order valence-electron chi connectivity index (χ0n) is 13.4. The number of nitrogens with two attached hydrogens (primary N) is 1. The standard InChI is InChI=1S/C8H10N2O3.C8H8O4/c1-4-2-5(11)7(6(12)3-4)8(13)10-9;1-4-2-5(9)7(8(11)12)6(10)3-4/h2-3,11-12H,9H2,1H3,(H,10,13);2-3,9-10H,1H3,(H,11,12). The van der Waals surface area contributed by atoms with Crippen LogP contribution in [0, 0.1) is 13.8 Å². The minimum Gasteiger partial charge on any atom is -0.507 e. The number of hydrogen-bond donors (Lipinski definition) is 7. The number of nitrogen functional groups attached to an aromatic ring is 1. The number of aryl methyl sites for hydroxylation is 2. The van der Waals surface area contributed by atoms with E-state index >= 15 is 0 Å². The van der Waals surface area contributed by atoms with Crippen LogP contribution < -0.4 is 11.3 Å². The third-order valence-corrected chi connectivity index (χ3v) is 3.05. The van der Waals surface area contributed by atoms with Crippen molar-refractivity contribution in [3.05, 3.63) is 46.5 Å². The number of carbonyl (C=O) groups excluding carboxylic acids is 1. The first-order valence-electron chi connectivity index (χ1n) is 6.87. The molecule has 0 aliphatic carbocycles. The predicted octanol–water partition coefficient (Wildman–Crippen LogP) is 1.11. The van der Waals surface area contributed by atoms with Gasteiger partial charge in [-0.15, -0.1) is 0 Å². The van der Waals surface area contributed by atoms with Crippen molar-refractivity contribution in [1.29, 1.82) is 0 Å². The zero-order chi connectivity index (χ0) is 19.3. The second kappa shape index (κ2) is 7.88. The van der Waals surface area contributed by atoms with Gasteiger partial charge in [0.1, 0.15) is 34.1 Å². The van der Waals surface area contributed by atoms with Gasteiger partial charge < -0.3 is 25.5 Å². The van der Waals surface area contributed by atoms with Crippen LogP contribution >= 0.6 is 0 Å². The number of carbonyl (C=O) groups is 2. The average Bonchev–Trinajstić information content (AvgIpc) is 2.44. The lowest BCUT2D eigenvalue weighted by molar-refractivity contribution is 0.0690. The first-order valence-corrected chi connectivity index (χ1v) is 6.87. The number of hydrazine groups is 1. The number of nitrogens with one attached hydrogen (secondary N) is 1. The van der Waals surface area contributed by atoms with Crippen LogP contribution in [0.4, 0.5) is 0 Å². The molecular weight excluding hydrogens is 332 g/mol. The Kier molecular flexibility index (Phi) is 6.18. The molecule has 2 rings (SSSR count). The van der Waals surface area contributed by atoms with Gasteiger partial charge in [0.25, 0.3) is 5.91 Å². The number of phenolic OH excluding ortho intramolecular Hbond substituents is 2. The summed E-state index contributed by atoms with van der Waals surface area (Å²) in [5, 5.41) is 45.3. The number of phenols is 4. The molecule has 0 aliphatic rings. The van der Waals surface area contributed by atoms with Crippen molar-refractivity contribution < 1.29 is 35.1 Å². The highest BCUT2D eigenvalue weighted by Crippen LogP contribution is 2.28. The third-order valence-electron chi connectivity index (χ3n) is 3.05. The minimum atomic E-state index is -1.34. The lowest BCUT2D eigenvalue weighted by Gasteiger charge is -2.06. The first kappa shape index (κ1) is 19.6. The van der Waals surface area contributed by atoms with Crippen LogP contribution in [0.2, 0.25) is 0 Å². The van der Waals surface area contributed by atoms with Crippen LogP contribution in [-0.4, -0.2) is 37.4 Å². The Balaban J connectivity index is 0.000000251. The van der Waals surface area contributed by atoms with E-state index in [1.54, 1.807) is 13.8 Å². The topological polar surface area (TPSA) is 173 Å². The summed E-state index contributed by atoms with van der Waals surface area (Å²) in [7, 11) is 0. The van der Waals surface area contributed by atoms with Gasteiger partial charge in [0.15, 0.2) is 0 Å². The van der Waals surface area contributed by atoms with Crippen LogP contribution in [0.25, 0.3) is 0 Å². The summed E-state index contributed by atoms with van der Waals surface area (Å²) < 4.78 is 0. The Morgan fingerprint density at radius 1 is 0.800 bits per heavy atom. The Hall–Kier alpha value is -3.46. The number of carboxylic acid groups (broad SMARTS) is 1. The fourth-order valence-electron chi connectivity index (χ4n) is 2.02. The highest BCUT2D eigenvalue weighted by molar-refractivity contribution is 5.99. The molecule has 8 N–H and O–H groups in total. The Bertz CT molecular complexity index is 772. The van der Waals surface area contributed by atoms with Crippen LogP contribution in [-0.2, 0) is 0 Å². The van der Waals surface area contributed by atoms with Crippen molar-refractivity contribution in [1.82, 2.24) is 5.43 Å². The summed E-state index contributed by atoms with van der Waals surface area (Å²) in [4.78, 5) is 21.4. The SMILES string of the molecule is Cc1cc(O)c(C(=O)NN)c(O)c1.Cc1cc(O)c(C(=O)O)c(O)c1. The van der Waals surface area contributed by atoms with Crippen molar-refractivity contribution in [2.45, 2.75) is 13.8 Å².